The molecule has 4 rings (SSSR count). The quantitative estimate of drug-likeness (QED) is 0.0941. The zero-order valence-electron chi connectivity index (χ0n) is 23.2. The molecule has 11 nitrogen and oxygen atoms in total. The number of benzene rings is 3. The number of rotatable bonds is 13. The van der Waals surface area contributed by atoms with Gasteiger partial charge in [-0.15, -0.1) is 0 Å². The average molecular weight is 586 g/mol. The lowest BCUT2D eigenvalue weighted by Gasteiger charge is -2.10. The Labute approximate surface area is 245 Å². The summed E-state index contributed by atoms with van der Waals surface area (Å²) in [4.78, 5) is 52.2. The minimum absolute atomic E-state index is 0.0550. The second-order valence-electron chi connectivity index (χ2n) is 8.82. The number of ether oxygens (including phenoxy) is 5. The van der Waals surface area contributed by atoms with Crippen LogP contribution in [0.2, 0.25) is 0 Å². The van der Waals surface area contributed by atoms with Gasteiger partial charge in [-0.3, -0.25) is 0 Å². The van der Waals surface area contributed by atoms with E-state index in [1.165, 1.54) is 18.2 Å². The van der Waals surface area contributed by atoms with Crippen LogP contribution in [0.25, 0.3) is 22.4 Å². The Morgan fingerprint density at radius 2 is 1.37 bits per heavy atom. The zero-order chi connectivity index (χ0) is 30.8. The summed E-state index contributed by atoms with van der Waals surface area (Å²) in [5.74, 6) is -0.418. The summed E-state index contributed by atoms with van der Waals surface area (Å²) < 4.78 is 31.7. The molecule has 0 amide bonds. The smallest absolute Gasteiger partial charge is 0.347 e. The van der Waals surface area contributed by atoms with Crippen LogP contribution >= 0.6 is 0 Å². The second kappa shape index (κ2) is 14.3. The summed E-state index contributed by atoms with van der Waals surface area (Å²) in [5.41, 5.74) is 1.10. The van der Waals surface area contributed by atoms with Gasteiger partial charge in [0.1, 0.15) is 43.7 Å². The molecule has 0 saturated carbocycles. The van der Waals surface area contributed by atoms with Crippen molar-refractivity contribution in [2.75, 3.05) is 26.4 Å². The largest absolute Gasteiger partial charge is 0.490 e. The van der Waals surface area contributed by atoms with Gasteiger partial charge in [0.05, 0.1) is 16.5 Å². The van der Waals surface area contributed by atoms with Crippen molar-refractivity contribution in [1.82, 2.24) is 4.98 Å². The lowest BCUT2D eigenvalue weighted by Crippen LogP contribution is -2.11. The van der Waals surface area contributed by atoms with Crippen molar-refractivity contribution >= 4 is 28.8 Å². The van der Waals surface area contributed by atoms with Crippen LogP contribution in [0.4, 0.5) is 0 Å². The maximum Gasteiger partial charge on any atom is 0.347 e. The predicted molar refractivity (Wildman–Crippen MR) is 155 cm³/mol. The molecule has 0 saturated heterocycles. The van der Waals surface area contributed by atoms with E-state index < -0.39 is 23.5 Å². The van der Waals surface area contributed by atoms with Crippen molar-refractivity contribution in [2.45, 2.75) is 6.92 Å². The predicted octanol–water partition coefficient (Wildman–Crippen LogP) is 4.60. The fourth-order valence-corrected chi connectivity index (χ4v) is 3.70. The van der Waals surface area contributed by atoms with Crippen molar-refractivity contribution < 1.29 is 42.5 Å². The van der Waals surface area contributed by atoms with E-state index in [4.69, 9.17) is 28.1 Å². The van der Waals surface area contributed by atoms with Crippen LogP contribution in [0.1, 0.15) is 15.9 Å². The Balaban J connectivity index is 1.40. The van der Waals surface area contributed by atoms with Crippen molar-refractivity contribution in [1.29, 1.82) is 0 Å². The minimum atomic E-state index is -0.651. The molecule has 0 aliphatic heterocycles. The molecule has 0 aliphatic carbocycles. The Morgan fingerprint density at radius 3 is 1.93 bits per heavy atom. The standard InChI is InChI=1S/C32H27NO10/c1-4-28(34)40-16-14-38-23-10-6-21(7-11-23)30-33-26-18-20(3)27(19-25(26)32(37)43-30)42-31(36)22-8-12-24(13-9-22)39-15-17-41-29(35)5-2/h4-13,18-19H,1-2,14-17H2,3H3. The Kier molecular flexibility index (Phi) is 10.0. The van der Waals surface area contributed by atoms with Gasteiger partial charge in [0, 0.05) is 17.7 Å². The van der Waals surface area contributed by atoms with Crippen LogP contribution in [0, 0.1) is 6.92 Å². The molecule has 0 radical (unpaired) electrons. The van der Waals surface area contributed by atoms with Gasteiger partial charge < -0.3 is 28.1 Å². The molecule has 1 aromatic heterocycles. The molecule has 4 aromatic rings. The Hall–Kier alpha value is -5.71. The number of aryl methyl sites for hydroxylation is 1. The van der Waals surface area contributed by atoms with Gasteiger partial charge >= 0.3 is 23.5 Å². The minimum Gasteiger partial charge on any atom is -0.490 e. The van der Waals surface area contributed by atoms with E-state index in [9.17, 15) is 19.2 Å². The van der Waals surface area contributed by atoms with Gasteiger partial charge in [-0.1, -0.05) is 13.2 Å². The summed E-state index contributed by atoms with van der Waals surface area (Å²) >= 11 is 0. The number of esters is 3. The molecule has 0 fully saturated rings. The van der Waals surface area contributed by atoms with Crippen molar-refractivity contribution in [3.8, 4) is 28.7 Å². The Bertz CT molecular complexity index is 1710. The average Bonchev–Trinajstić information content (AvgIpc) is 3.02. The third kappa shape index (κ3) is 8.17. The topological polar surface area (TPSA) is 140 Å². The maximum absolute atomic E-state index is 12.8. The number of fused-ring (bicyclic) bond motifs is 1. The molecule has 0 bridgehead atoms. The maximum atomic E-state index is 12.8. The fourth-order valence-electron chi connectivity index (χ4n) is 3.70. The highest BCUT2D eigenvalue weighted by Crippen LogP contribution is 2.27. The summed E-state index contributed by atoms with van der Waals surface area (Å²) in [5, 5.41) is 0.145. The molecule has 0 spiro atoms. The highest BCUT2D eigenvalue weighted by Gasteiger charge is 2.16. The van der Waals surface area contributed by atoms with E-state index in [1.54, 1.807) is 49.4 Å². The van der Waals surface area contributed by atoms with E-state index in [-0.39, 0.29) is 49.0 Å². The van der Waals surface area contributed by atoms with E-state index in [2.05, 4.69) is 18.1 Å². The first-order valence-electron chi connectivity index (χ1n) is 13.0. The van der Waals surface area contributed by atoms with Gasteiger partial charge in [-0.2, -0.15) is 0 Å². The lowest BCUT2D eigenvalue weighted by molar-refractivity contribution is -0.139. The number of hydrogen-bond donors (Lipinski definition) is 0. The first-order valence-corrected chi connectivity index (χ1v) is 13.0. The summed E-state index contributed by atoms with van der Waals surface area (Å²) in [6.45, 7) is 8.78. The number of hydrogen-bond acceptors (Lipinski definition) is 11. The van der Waals surface area contributed by atoms with Gasteiger partial charge in [-0.05, 0) is 73.2 Å². The molecule has 1 heterocycles. The highest BCUT2D eigenvalue weighted by molar-refractivity contribution is 5.92. The molecule has 220 valence electrons. The molecule has 0 N–H and O–H groups in total. The molecule has 3 aromatic carbocycles. The van der Waals surface area contributed by atoms with Gasteiger partial charge in [0.25, 0.3) is 0 Å². The molecule has 0 aliphatic rings. The second-order valence-corrected chi connectivity index (χ2v) is 8.82. The molecular weight excluding hydrogens is 558 g/mol. The first kappa shape index (κ1) is 30.3. The summed E-state index contributed by atoms with van der Waals surface area (Å²) in [7, 11) is 0. The number of aromatic nitrogens is 1. The number of carbonyl (C=O) groups is 3. The monoisotopic (exact) mass is 585 g/mol. The van der Waals surface area contributed by atoms with Gasteiger partial charge in [0.15, 0.2) is 0 Å². The summed E-state index contributed by atoms with van der Waals surface area (Å²) in [6.07, 6.45) is 2.13. The zero-order valence-corrected chi connectivity index (χ0v) is 23.2. The van der Waals surface area contributed by atoms with Crippen LogP contribution in [0.15, 0.2) is 95.2 Å². The van der Waals surface area contributed by atoms with Crippen LogP contribution in [-0.2, 0) is 19.1 Å². The highest BCUT2D eigenvalue weighted by atomic mass is 16.6. The van der Waals surface area contributed by atoms with Crippen LogP contribution in [0.5, 0.6) is 17.2 Å². The SMILES string of the molecule is C=CC(=O)OCCOc1ccc(C(=O)Oc2cc3c(=O)oc(-c4ccc(OCCOC(=O)C=C)cc4)nc3cc2C)cc1. The van der Waals surface area contributed by atoms with E-state index in [0.29, 0.717) is 28.1 Å². The first-order chi connectivity index (χ1) is 20.8. The van der Waals surface area contributed by atoms with Gasteiger partial charge in [0.2, 0.25) is 5.89 Å². The van der Waals surface area contributed by atoms with E-state index in [0.717, 1.165) is 12.2 Å². The van der Waals surface area contributed by atoms with Crippen molar-refractivity contribution in [3.05, 3.63) is 108 Å². The molecular formula is C32H27NO10. The third-order valence-corrected chi connectivity index (χ3v) is 5.84. The van der Waals surface area contributed by atoms with Gasteiger partial charge in [-0.25, -0.2) is 24.2 Å². The van der Waals surface area contributed by atoms with Crippen molar-refractivity contribution in [2.24, 2.45) is 0 Å². The molecule has 11 heteroatoms. The number of carbonyl (C=O) groups excluding carboxylic acids is 3. The van der Waals surface area contributed by atoms with Crippen LogP contribution < -0.4 is 19.8 Å². The normalized spacial score (nSPS) is 10.4. The number of nitrogens with zero attached hydrogens (tertiary/aromatic N) is 1. The lowest BCUT2D eigenvalue weighted by atomic mass is 10.1. The Morgan fingerprint density at radius 1 is 0.814 bits per heavy atom. The molecule has 0 unspecified atom stereocenters. The van der Waals surface area contributed by atoms with Crippen LogP contribution in [-0.4, -0.2) is 49.3 Å². The van der Waals surface area contributed by atoms with Crippen molar-refractivity contribution in [3.63, 3.8) is 0 Å². The third-order valence-electron chi connectivity index (χ3n) is 5.84. The van der Waals surface area contributed by atoms with Crippen LogP contribution in [0.3, 0.4) is 0 Å². The molecule has 0 atom stereocenters. The van der Waals surface area contributed by atoms with E-state index in [1.807, 2.05) is 0 Å². The fraction of sp³-hybridized carbons (Fsp3) is 0.156. The summed E-state index contributed by atoms with van der Waals surface area (Å²) in [6, 6.07) is 16.0. The van der Waals surface area contributed by atoms with E-state index >= 15 is 0 Å². The molecule has 43 heavy (non-hydrogen) atoms.